The van der Waals surface area contributed by atoms with E-state index in [4.69, 9.17) is 0 Å². The quantitative estimate of drug-likeness (QED) is 0.346. The molecule has 1 atom stereocenters. The van der Waals surface area contributed by atoms with Crippen LogP contribution in [0.15, 0.2) is 47.5 Å². The zero-order valence-electron chi connectivity index (χ0n) is 21.4. The fraction of sp³-hybridized carbons (Fsp3) is 0.286. The van der Waals surface area contributed by atoms with Gasteiger partial charge < -0.3 is 10.6 Å². The summed E-state index contributed by atoms with van der Waals surface area (Å²) in [5.41, 5.74) is 5.68. The van der Waals surface area contributed by atoms with Gasteiger partial charge in [-0.15, -0.1) is 11.3 Å². The van der Waals surface area contributed by atoms with Gasteiger partial charge in [-0.2, -0.15) is 0 Å². The molecule has 2 N–H and O–H groups in total. The van der Waals surface area contributed by atoms with E-state index >= 15 is 0 Å². The number of carbonyl (C=O) groups is 2. The molecule has 4 rings (SSSR count). The van der Waals surface area contributed by atoms with E-state index in [1.807, 2.05) is 71.0 Å². The summed E-state index contributed by atoms with van der Waals surface area (Å²) in [5, 5.41) is 6.31. The summed E-state index contributed by atoms with van der Waals surface area (Å²) in [6.45, 7) is 11.4. The lowest BCUT2D eigenvalue weighted by molar-refractivity contribution is -0.119. The Morgan fingerprint density at radius 1 is 1.00 bits per heavy atom. The number of nitrogens with one attached hydrogen (secondary N) is 2. The molecule has 2 aromatic heterocycles. The average Bonchev–Trinajstić information content (AvgIpc) is 3.17. The van der Waals surface area contributed by atoms with E-state index in [1.165, 1.54) is 22.2 Å². The van der Waals surface area contributed by atoms with Crippen LogP contribution in [0.5, 0.6) is 0 Å². The van der Waals surface area contributed by atoms with Gasteiger partial charge in [-0.25, -0.2) is 4.98 Å². The number of aromatic nitrogens is 2. The first-order valence-electron chi connectivity index (χ1n) is 11.9. The fourth-order valence-electron chi connectivity index (χ4n) is 4.44. The molecule has 2 aromatic carbocycles. The predicted molar refractivity (Wildman–Crippen MR) is 146 cm³/mol. The van der Waals surface area contributed by atoms with Gasteiger partial charge in [-0.1, -0.05) is 42.8 Å². The lowest BCUT2D eigenvalue weighted by atomic mass is 10.1. The molecular weight excluding hydrogens is 472 g/mol. The van der Waals surface area contributed by atoms with Crippen LogP contribution < -0.4 is 16.2 Å². The Bertz CT molecular complexity index is 1530. The molecule has 186 valence electrons. The molecular formula is C28H30N4O3S. The highest BCUT2D eigenvalue weighted by Gasteiger charge is 2.25. The SMILES string of the molecule is CCC(C(=O)Nc1c(C)cccc1C)n1cnc2sc(C(=O)Nc3ccc(C)cc3C)c(C)c2c1=O. The second-order valence-corrected chi connectivity index (χ2v) is 10.1. The second-order valence-electron chi connectivity index (χ2n) is 9.15. The van der Waals surface area contributed by atoms with E-state index in [-0.39, 0.29) is 17.4 Å². The molecule has 8 heteroatoms. The minimum atomic E-state index is -0.736. The average molecular weight is 503 g/mol. The molecule has 2 heterocycles. The van der Waals surface area contributed by atoms with Crippen LogP contribution in [0.25, 0.3) is 10.2 Å². The van der Waals surface area contributed by atoms with Gasteiger partial charge in [0.25, 0.3) is 11.5 Å². The highest BCUT2D eigenvalue weighted by atomic mass is 32.1. The molecule has 0 bridgehead atoms. The van der Waals surface area contributed by atoms with E-state index in [9.17, 15) is 14.4 Å². The molecule has 0 aliphatic rings. The van der Waals surface area contributed by atoms with Gasteiger partial charge in [0.05, 0.1) is 16.6 Å². The van der Waals surface area contributed by atoms with Crippen molar-refractivity contribution in [2.45, 2.75) is 54.0 Å². The molecule has 0 fully saturated rings. The molecule has 0 saturated carbocycles. The number of hydrogen-bond acceptors (Lipinski definition) is 5. The van der Waals surface area contributed by atoms with Crippen LogP contribution >= 0.6 is 11.3 Å². The largest absolute Gasteiger partial charge is 0.324 e. The van der Waals surface area contributed by atoms with Crippen molar-refractivity contribution in [1.29, 1.82) is 0 Å². The topological polar surface area (TPSA) is 93.1 Å². The van der Waals surface area contributed by atoms with Crippen LogP contribution in [-0.4, -0.2) is 21.4 Å². The number of benzene rings is 2. The molecule has 0 radical (unpaired) electrons. The number of para-hydroxylation sites is 1. The van der Waals surface area contributed by atoms with Crippen LogP contribution in [0, 0.1) is 34.6 Å². The van der Waals surface area contributed by atoms with Crippen LogP contribution in [-0.2, 0) is 4.79 Å². The highest BCUT2D eigenvalue weighted by molar-refractivity contribution is 7.20. The van der Waals surface area contributed by atoms with Crippen molar-refractivity contribution in [3.63, 3.8) is 0 Å². The summed E-state index contributed by atoms with van der Waals surface area (Å²) in [4.78, 5) is 45.2. The Labute approximate surface area is 214 Å². The molecule has 0 aliphatic carbocycles. The molecule has 36 heavy (non-hydrogen) atoms. The Morgan fingerprint density at radius 2 is 1.69 bits per heavy atom. The van der Waals surface area contributed by atoms with Crippen molar-refractivity contribution in [2.75, 3.05) is 10.6 Å². The standard InChI is InChI=1S/C28H30N4O3S/c1-7-21(25(33)31-23-16(3)9-8-10-17(23)4)32-14-29-27-22(28(32)35)19(6)24(36-27)26(34)30-20-12-11-15(2)13-18(20)5/h8-14,21H,7H2,1-6H3,(H,30,34)(H,31,33). The van der Waals surface area contributed by atoms with Crippen LogP contribution in [0.4, 0.5) is 11.4 Å². The second kappa shape index (κ2) is 10.1. The van der Waals surface area contributed by atoms with Crippen molar-refractivity contribution in [1.82, 2.24) is 9.55 Å². The number of nitrogens with zero attached hydrogens (tertiary/aromatic N) is 2. The third kappa shape index (κ3) is 4.68. The Kier molecular flexibility index (Phi) is 7.08. The molecule has 7 nitrogen and oxygen atoms in total. The summed E-state index contributed by atoms with van der Waals surface area (Å²) >= 11 is 1.18. The first kappa shape index (κ1) is 25.3. The Balaban J connectivity index is 1.68. The first-order valence-corrected chi connectivity index (χ1v) is 12.7. The molecule has 0 aliphatic heterocycles. The minimum absolute atomic E-state index is 0.279. The molecule has 4 aromatic rings. The monoisotopic (exact) mass is 502 g/mol. The summed E-state index contributed by atoms with van der Waals surface area (Å²) in [6, 6.07) is 10.9. The highest BCUT2D eigenvalue weighted by Crippen LogP contribution is 2.29. The van der Waals surface area contributed by atoms with Crippen LogP contribution in [0.3, 0.4) is 0 Å². The lowest BCUT2D eigenvalue weighted by Gasteiger charge is -2.19. The number of amides is 2. The molecule has 2 amide bonds. The number of rotatable bonds is 6. The van der Waals surface area contributed by atoms with Crippen molar-refractivity contribution < 1.29 is 9.59 Å². The zero-order chi connectivity index (χ0) is 26.1. The van der Waals surface area contributed by atoms with Crippen LogP contribution in [0.2, 0.25) is 0 Å². The van der Waals surface area contributed by atoms with Gasteiger partial charge in [-0.05, 0) is 69.4 Å². The minimum Gasteiger partial charge on any atom is -0.324 e. The summed E-state index contributed by atoms with van der Waals surface area (Å²) in [6.07, 6.45) is 1.82. The van der Waals surface area contributed by atoms with Gasteiger partial charge in [0.2, 0.25) is 5.91 Å². The number of thiophene rings is 1. The zero-order valence-corrected chi connectivity index (χ0v) is 22.2. The fourth-order valence-corrected chi connectivity index (χ4v) is 5.47. The predicted octanol–water partition coefficient (Wildman–Crippen LogP) is 5.84. The third-order valence-corrected chi connectivity index (χ3v) is 7.67. The number of carbonyl (C=O) groups excluding carboxylic acids is 2. The molecule has 1 unspecified atom stereocenters. The van der Waals surface area contributed by atoms with Gasteiger partial charge in [0, 0.05) is 11.4 Å². The van der Waals surface area contributed by atoms with Crippen molar-refractivity contribution >= 4 is 44.7 Å². The van der Waals surface area contributed by atoms with Crippen LogP contribution in [0.1, 0.15) is 56.9 Å². The number of aryl methyl sites for hydroxylation is 5. The molecule has 0 spiro atoms. The van der Waals surface area contributed by atoms with E-state index in [0.717, 1.165) is 33.6 Å². The van der Waals surface area contributed by atoms with Gasteiger partial charge in [0.1, 0.15) is 10.9 Å². The Morgan fingerprint density at radius 3 is 2.33 bits per heavy atom. The lowest BCUT2D eigenvalue weighted by Crippen LogP contribution is -2.33. The summed E-state index contributed by atoms with van der Waals surface area (Å²) < 4.78 is 1.37. The summed E-state index contributed by atoms with van der Waals surface area (Å²) in [7, 11) is 0. The van der Waals surface area contributed by atoms with Gasteiger partial charge in [-0.3, -0.25) is 19.0 Å². The number of anilines is 2. The first-order chi connectivity index (χ1) is 17.1. The maximum absolute atomic E-state index is 13.5. The van der Waals surface area contributed by atoms with Crippen molar-refractivity contribution in [3.05, 3.63) is 85.8 Å². The van der Waals surface area contributed by atoms with Crippen molar-refractivity contribution in [3.8, 4) is 0 Å². The molecule has 0 saturated heterocycles. The number of hydrogen-bond donors (Lipinski definition) is 2. The van der Waals surface area contributed by atoms with E-state index in [1.54, 1.807) is 6.92 Å². The smallest absolute Gasteiger partial charge is 0.266 e. The van der Waals surface area contributed by atoms with Gasteiger partial charge >= 0.3 is 0 Å². The maximum atomic E-state index is 13.5. The van der Waals surface area contributed by atoms with E-state index in [0.29, 0.717) is 27.1 Å². The number of fused-ring (bicyclic) bond motifs is 1. The van der Waals surface area contributed by atoms with E-state index < -0.39 is 6.04 Å². The third-order valence-electron chi connectivity index (χ3n) is 6.47. The Hall–Kier alpha value is -3.78. The van der Waals surface area contributed by atoms with Gasteiger partial charge in [0.15, 0.2) is 0 Å². The van der Waals surface area contributed by atoms with Crippen molar-refractivity contribution in [2.24, 2.45) is 0 Å². The normalized spacial score (nSPS) is 11.9. The summed E-state index contributed by atoms with van der Waals surface area (Å²) in [5.74, 6) is -0.563. The maximum Gasteiger partial charge on any atom is 0.266 e. The van der Waals surface area contributed by atoms with E-state index in [2.05, 4.69) is 15.6 Å².